The van der Waals surface area contributed by atoms with E-state index in [0.29, 0.717) is 22.6 Å². The third-order valence-corrected chi connectivity index (χ3v) is 5.33. The average molecular weight is 380 g/mol. The molecule has 1 saturated heterocycles. The standard InChI is InChI=1S/C20H17FN4O3/c1-28-17-8-12(10-22)6-7-14(17)24-18(26)15-9-20(11-23-15)13-4-2-3-5-16(13)25(21)19(20)27/h2-8,15,23H,9,11H2,1H3,(H,24,26). The predicted molar refractivity (Wildman–Crippen MR) is 99.5 cm³/mol. The number of ether oxygens (including phenoxy) is 1. The van der Waals surface area contributed by atoms with Crippen LogP contribution in [-0.4, -0.2) is 31.5 Å². The molecule has 2 heterocycles. The smallest absolute Gasteiger partial charge is 0.267 e. The van der Waals surface area contributed by atoms with Crippen LogP contribution in [0.5, 0.6) is 5.75 Å². The highest BCUT2D eigenvalue weighted by Crippen LogP contribution is 2.46. The van der Waals surface area contributed by atoms with Crippen molar-refractivity contribution in [1.29, 1.82) is 5.26 Å². The molecule has 2 aromatic rings. The van der Waals surface area contributed by atoms with Gasteiger partial charge in [-0.2, -0.15) is 5.26 Å². The number of nitrogens with zero attached hydrogens (tertiary/aromatic N) is 2. The van der Waals surface area contributed by atoms with Gasteiger partial charge in [0.05, 0.1) is 41.6 Å². The molecule has 2 amide bonds. The van der Waals surface area contributed by atoms with Crippen molar-refractivity contribution >= 4 is 23.2 Å². The Kier molecular flexibility index (Phi) is 4.24. The van der Waals surface area contributed by atoms with E-state index in [0.717, 1.165) is 0 Å². The van der Waals surface area contributed by atoms with Gasteiger partial charge in [0.2, 0.25) is 5.91 Å². The molecule has 0 saturated carbocycles. The molecule has 2 N–H and O–H groups in total. The van der Waals surface area contributed by atoms with Gasteiger partial charge in [-0.15, -0.1) is 5.12 Å². The number of rotatable bonds is 3. The van der Waals surface area contributed by atoms with Crippen molar-refractivity contribution in [2.24, 2.45) is 0 Å². The zero-order valence-corrected chi connectivity index (χ0v) is 15.0. The second-order valence-corrected chi connectivity index (χ2v) is 6.84. The molecule has 0 aliphatic carbocycles. The first-order valence-electron chi connectivity index (χ1n) is 8.72. The van der Waals surface area contributed by atoms with Crippen molar-refractivity contribution in [1.82, 2.24) is 5.32 Å². The highest BCUT2D eigenvalue weighted by Gasteiger charge is 2.56. The largest absolute Gasteiger partial charge is 0.495 e. The number of anilines is 2. The first kappa shape index (κ1) is 17.9. The third-order valence-electron chi connectivity index (χ3n) is 5.33. The lowest BCUT2D eigenvalue weighted by Gasteiger charge is -2.20. The second-order valence-electron chi connectivity index (χ2n) is 6.84. The summed E-state index contributed by atoms with van der Waals surface area (Å²) in [5.74, 6) is -0.660. The summed E-state index contributed by atoms with van der Waals surface area (Å²) in [4.78, 5) is 25.4. The Balaban J connectivity index is 1.56. The number of carbonyl (C=O) groups excluding carboxylic acids is 2. The number of hydrogen-bond donors (Lipinski definition) is 2. The SMILES string of the molecule is COc1cc(C#N)ccc1NC(=O)C1CC2(CN1)C(=O)N(F)c1ccccc12. The van der Waals surface area contributed by atoms with E-state index in [4.69, 9.17) is 10.00 Å². The molecule has 1 fully saturated rings. The van der Waals surface area contributed by atoms with Crippen molar-refractivity contribution in [3.63, 3.8) is 0 Å². The first-order chi connectivity index (χ1) is 13.5. The number of fused-ring (bicyclic) bond motifs is 2. The Labute approximate surface area is 160 Å². The third kappa shape index (κ3) is 2.60. The summed E-state index contributed by atoms with van der Waals surface area (Å²) in [6, 6.07) is 12.7. The molecule has 0 radical (unpaired) electrons. The Hall–Kier alpha value is -3.44. The Bertz CT molecular complexity index is 1020. The van der Waals surface area contributed by atoms with Gasteiger partial charge >= 0.3 is 0 Å². The molecule has 2 atom stereocenters. The molecule has 2 unspecified atom stereocenters. The Morgan fingerprint density at radius 3 is 2.93 bits per heavy atom. The summed E-state index contributed by atoms with van der Waals surface area (Å²) in [5.41, 5.74) is 0.538. The van der Waals surface area contributed by atoms with Crippen molar-refractivity contribution in [3.8, 4) is 11.8 Å². The highest BCUT2D eigenvalue weighted by atomic mass is 19.2. The summed E-state index contributed by atoms with van der Waals surface area (Å²) in [5, 5.41) is 14.9. The van der Waals surface area contributed by atoms with Crippen LogP contribution >= 0.6 is 0 Å². The van der Waals surface area contributed by atoms with E-state index < -0.39 is 17.4 Å². The average Bonchev–Trinajstić information content (AvgIpc) is 3.26. The molecule has 28 heavy (non-hydrogen) atoms. The lowest BCUT2D eigenvalue weighted by molar-refractivity contribution is -0.125. The fraction of sp³-hybridized carbons (Fsp3) is 0.250. The number of carbonyl (C=O) groups is 2. The van der Waals surface area contributed by atoms with Gasteiger partial charge in [0, 0.05) is 12.6 Å². The van der Waals surface area contributed by atoms with E-state index in [1.807, 2.05) is 6.07 Å². The molecule has 142 valence electrons. The van der Waals surface area contributed by atoms with Gasteiger partial charge in [0.1, 0.15) is 5.75 Å². The van der Waals surface area contributed by atoms with Crippen molar-refractivity contribution in [2.75, 3.05) is 24.1 Å². The minimum absolute atomic E-state index is 0.147. The van der Waals surface area contributed by atoms with Gasteiger partial charge in [-0.05, 0) is 30.2 Å². The van der Waals surface area contributed by atoms with E-state index in [9.17, 15) is 14.1 Å². The number of methoxy groups -OCH3 is 1. The number of amides is 2. The van der Waals surface area contributed by atoms with Crippen molar-refractivity contribution in [2.45, 2.75) is 17.9 Å². The molecule has 4 rings (SSSR count). The van der Waals surface area contributed by atoms with Gasteiger partial charge in [-0.25, -0.2) is 0 Å². The normalized spacial score (nSPS) is 22.8. The van der Waals surface area contributed by atoms with Gasteiger partial charge in [-0.1, -0.05) is 22.7 Å². The summed E-state index contributed by atoms with van der Waals surface area (Å²) in [6.07, 6.45) is 0.147. The van der Waals surface area contributed by atoms with Crippen LogP contribution in [0.2, 0.25) is 0 Å². The quantitative estimate of drug-likeness (QED) is 0.795. The van der Waals surface area contributed by atoms with Crippen LogP contribution in [0.3, 0.4) is 0 Å². The van der Waals surface area contributed by atoms with Crippen LogP contribution in [0.25, 0.3) is 0 Å². The number of para-hydroxylation sites is 1. The molecule has 8 heteroatoms. The zero-order valence-electron chi connectivity index (χ0n) is 15.0. The summed E-state index contributed by atoms with van der Waals surface area (Å²) >= 11 is 0. The van der Waals surface area contributed by atoms with Crippen molar-refractivity contribution < 1.29 is 18.8 Å². The molecular weight excluding hydrogens is 363 g/mol. The molecule has 2 aromatic carbocycles. The number of benzene rings is 2. The molecule has 0 aromatic heterocycles. The van der Waals surface area contributed by atoms with Crippen LogP contribution in [0, 0.1) is 11.3 Å². The number of hydrogen-bond acceptors (Lipinski definition) is 5. The molecule has 0 bridgehead atoms. The predicted octanol–water partition coefficient (Wildman–Crippen LogP) is 2.04. The molecule has 2 aliphatic rings. The zero-order chi connectivity index (χ0) is 19.9. The van der Waals surface area contributed by atoms with E-state index >= 15 is 0 Å². The molecule has 7 nitrogen and oxygen atoms in total. The van der Waals surface area contributed by atoms with E-state index in [1.54, 1.807) is 36.4 Å². The molecular formula is C20H17FN4O3. The van der Waals surface area contributed by atoms with Gasteiger partial charge in [-0.3, -0.25) is 9.59 Å². The minimum atomic E-state index is -1.10. The summed E-state index contributed by atoms with van der Waals surface area (Å²) < 4.78 is 19.6. The lowest BCUT2D eigenvalue weighted by atomic mass is 9.79. The monoisotopic (exact) mass is 380 g/mol. The fourth-order valence-corrected chi connectivity index (χ4v) is 3.89. The maximum absolute atomic E-state index is 14.4. The Morgan fingerprint density at radius 1 is 1.39 bits per heavy atom. The van der Waals surface area contributed by atoms with E-state index in [1.165, 1.54) is 13.2 Å². The van der Waals surface area contributed by atoms with Crippen LogP contribution < -0.4 is 20.5 Å². The van der Waals surface area contributed by atoms with Gasteiger partial charge in [0.15, 0.2) is 0 Å². The van der Waals surface area contributed by atoms with Gasteiger partial charge in [0.25, 0.3) is 5.91 Å². The molecule has 2 aliphatic heterocycles. The minimum Gasteiger partial charge on any atom is -0.495 e. The van der Waals surface area contributed by atoms with Crippen LogP contribution in [0.15, 0.2) is 42.5 Å². The number of nitriles is 1. The number of halogens is 1. The van der Waals surface area contributed by atoms with E-state index in [-0.39, 0.29) is 29.7 Å². The molecule has 1 spiro atoms. The van der Waals surface area contributed by atoms with Crippen molar-refractivity contribution in [3.05, 3.63) is 53.6 Å². The number of nitrogens with one attached hydrogen (secondary N) is 2. The highest BCUT2D eigenvalue weighted by molar-refractivity contribution is 6.08. The second kappa shape index (κ2) is 6.62. The fourth-order valence-electron chi connectivity index (χ4n) is 3.89. The Morgan fingerprint density at radius 2 is 2.18 bits per heavy atom. The maximum Gasteiger partial charge on any atom is 0.267 e. The topological polar surface area (TPSA) is 94.5 Å². The first-order valence-corrected chi connectivity index (χ1v) is 8.72. The lowest BCUT2D eigenvalue weighted by Crippen LogP contribution is -2.38. The van der Waals surface area contributed by atoms with Gasteiger partial charge < -0.3 is 15.4 Å². The summed E-state index contributed by atoms with van der Waals surface area (Å²) in [7, 11) is 1.44. The van der Waals surface area contributed by atoms with Crippen LogP contribution in [0.1, 0.15) is 17.5 Å². The van der Waals surface area contributed by atoms with E-state index in [2.05, 4.69) is 10.6 Å². The van der Waals surface area contributed by atoms with Crippen LogP contribution in [0.4, 0.5) is 15.9 Å². The summed E-state index contributed by atoms with van der Waals surface area (Å²) in [6.45, 7) is 0.172. The van der Waals surface area contributed by atoms with Crippen LogP contribution in [-0.2, 0) is 15.0 Å². The maximum atomic E-state index is 14.4.